The molecule has 0 atom stereocenters. The van der Waals surface area contributed by atoms with Gasteiger partial charge in [-0.25, -0.2) is 0 Å². The molecule has 4 nitrogen and oxygen atoms in total. The highest BCUT2D eigenvalue weighted by Crippen LogP contribution is 2.26. The lowest BCUT2D eigenvalue weighted by Gasteiger charge is -2.15. The third kappa shape index (κ3) is 3.59. The van der Waals surface area contributed by atoms with Gasteiger partial charge in [0, 0.05) is 17.3 Å². The zero-order chi connectivity index (χ0) is 16.9. The highest BCUT2D eigenvalue weighted by Gasteiger charge is 2.10. The van der Waals surface area contributed by atoms with Crippen molar-refractivity contribution in [2.24, 2.45) is 0 Å². The van der Waals surface area contributed by atoms with Crippen LogP contribution in [-0.2, 0) is 6.54 Å². The van der Waals surface area contributed by atoms with Crippen molar-refractivity contribution in [1.29, 1.82) is 0 Å². The number of benzene rings is 2. The first-order valence-electron chi connectivity index (χ1n) is 8.08. The van der Waals surface area contributed by atoms with Gasteiger partial charge in [-0.05, 0) is 38.1 Å². The first-order valence-corrected chi connectivity index (χ1v) is 8.08. The second kappa shape index (κ2) is 7.21. The lowest BCUT2D eigenvalue weighted by Crippen LogP contribution is -2.10. The monoisotopic (exact) mass is 322 g/mol. The minimum Gasteiger partial charge on any atom is -0.497 e. The highest BCUT2D eigenvalue weighted by molar-refractivity contribution is 5.61. The molecule has 0 amide bonds. The Bertz CT molecular complexity index is 809. The number of hydrogen-bond acceptors (Lipinski definition) is 3. The van der Waals surface area contributed by atoms with Crippen molar-refractivity contribution in [3.8, 4) is 22.8 Å². The van der Waals surface area contributed by atoms with Crippen molar-refractivity contribution in [1.82, 2.24) is 9.78 Å². The molecule has 3 rings (SSSR count). The normalized spacial score (nSPS) is 10.8. The van der Waals surface area contributed by atoms with Crippen molar-refractivity contribution in [2.45, 2.75) is 26.5 Å². The summed E-state index contributed by atoms with van der Waals surface area (Å²) >= 11 is 0. The predicted octanol–water partition coefficient (Wildman–Crippen LogP) is 4.39. The number of nitrogens with zero attached hydrogens (tertiary/aromatic N) is 2. The van der Waals surface area contributed by atoms with Crippen LogP contribution in [0, 0.1) is 0 Å². The fourth-order valence-corrected chi connectivity index (χ4v) is 2.65. The highest BCUT2D eigenvalue weighted by atomic mass is 16.5. The van der Waals surface area contributed by atoms with Gasteiger partial charge >= 0.3 is 0 Å². The Labute approximate surface area is 142 Å². The molecule has 0 aliphatic rings. The van der Waals surface area contributed by atoms with Gasteiger partial charge in [-0.15, -0.1) is 0 Å². The molecule has 124 valence electrons. The van der Waals surface area contributed by atoms with E-state index in [4.69, 9.17) is 9.47 Å². The lowest BCUT2D eigenvalue weighted by molar-refractivity contribution is 0.239. The zero-order valence-corrected chi connectivity index (χ0v) is 14.3. The van der Waals surface area contributed by atoms with Crippen molar-refractivity contribution in [2.75, 3.05) is 7.11 Å². The molecule has 0 bridgehead atoms. The molecule has 1 heterocycles. The molecular formula is C20H22N2O2. The largest absolute Gasteiger partial charge is 0.497 e. The molecule has 0 saturated carbocycles. The Morgan fingerprint density at radius 1 is 1.04 bits per heavy atom. The third-order valence-corrected chi connectivity index (χ3v) is 3.74. The Morgan fingerprint density at radius 3 is 2.67 bits per heavy atom. The Kier molecular flexibility index (Phi) is 4.85. The Morgan fingerprint density at radius 2 is 1.88 bits per heavy atom. The average molecular weight is 322 g/mol. The summed E-state index contributed by atoms with van der Waals surface area (Å²) in [5, 5.41) is 4.48. The van der Waals surface area contributed by atoms with Gasteiger partial charge in [-0.2, -0.15) is 5.10 Å². The third-order valence-electron chi connectivity index (χ3n) is 3.74. The fourth-order valence-electron chi connectivity index (χ4n) is 2.65. The molecule has 4 heteroatoms. The molecule has 2 aromatic carbocycles. The van der Waals surface area contributed by atoms with Crippen molar-refractivity contribution >= 4 is 0 Å². The van der Waals surface area contributed by atoms with E-state index in [-0.39, 0.29) is 6.10 Å². The summed E-state index contributed by atoms with van der Waals surface area (Å²) in [6, 6.07) is 18.1. The molecule has 1 aromatic heterocycles. The van der Waals surface area contributed by atoms with Crippen LogP contribution in [0.5, 0.6) is 11.5 Å². The number of methoxy groups -OCH3 is 1. The topological polar surface area (TPSA) is 36.3 Å². The molecule has 0 radical (unpaired) electrons. The van der Waals surface area contributed by atoms with Crippen LogP contribution in [0.2, 0.25) is 0 Å². The van der Waals surface area contributed by atoms with Gasteiger partial charge in [-0.1, -0.05) is 30.3 Å². The van der Waals surface area contributed by atoms with Crippen LogP contribution in [-0.4, -0.2) is 23.0 Å². The maximum absolute atomic E-state index is 5.92. The number of rotatable bonds is 6. The van der Waals surface area contributed by atoms with Gasteiger partial charge in [-0.3, -0.25) is 4.68 Å². The maximum atomic E-state index is 5.92. The molecular weight excluding hydrogens is 300 g/mol. The standard InChI is InChI=1S/C20H22N2O2/c1-15(2)24-20-10-5-4-7-17(20)14-22-19(11-12-21-22)16-8-6-9-18(13-16)23-3/h4-13,15H,14H2,1-3H3. The molecule has 0 fully saturated rings. The smallest absolute Gasteiger partial charge is 0.124 e. The summed E-state index contributed by atoms with van der Waals surface area (Å²) in [6.45, 7) is 4.72. The van der Waals surface area contributed by atoms with Crippen LogP contribution >= 0.6 is 0 Å². The maximum Gasteiger partial charge on any atom is 0.124 e. The van der Waals surface area contributed by atoms with Crippen LogP contribution in [0.1, 0.15) is 19.4 Å². The number of hydrogen-bond donors (Lipinski definition) is 0. The summed E-state index contributed by atoms with van der Waals surface area (Å²) in [7, 11) is 1.68. The fraction of sp³-hybridized carbons (Fsp3) is 0.250. The second-order valence-corrected chi connectivity index (χ2v) is 5.88. The SMILES string of the molecule is COc1cccc(-c2ccnn2Cc2ccccc2OC(C)C)c1. The van der Waals surface area contributed by atoms with Gasteiger partial charge in [0.15, 0.2) is 0 Å². The Balaban J connectivity index is 1.92. The quantitative estimate of drug-likeness (QED) is 0.675. The van der Waals surface area contributed by atoms with E-state index in [9.17, 15) is 0 Å². The van der Waals surface area contributed by atoms with Crippen LogP contribution < -0.4 is 9.47 Å². The first-order chi connectivity index (χ1) is 11.7. The lowest BCUT2D eigenvalue weighted by atomic mass is 10.1. The van der Waals surface area contributed by atoms with Crippen LogP contribution in [0.4, 0.5) is 0 Å². The summed E-state index contributed by atoms with van der Waals surface area (Å²) in [5.74, 6) is 1.74. The van der Waals surface area contributed by atoms with Crippen LogP contribution in [0.25, 0.3) is 11.3 Å². The molecule has 3 aromatic rings. The van der Waals surface area contributed by atoms with Crippen LogP contribution in [0.15, 0.2) is 60.8 Å². The van der Waals surface area contributed by atoms with Crippen molar-refractivity contribution < 1.29 is 9.47 Å². The Hall–Kier alpha value is -2.75. The molecule has 0 aliphatic carbocycles. The first kappa shape index (κ1) is 16.1. The van der Waals surface area contributed by atoms with E-state index in [1.807, 2.05) is 67.2 Å². The predicted molar refractivity (Wildman–Crippen MR) is 95.5 cm³/mol. The average Bonchev–Trinajstić information content (AvgIpc) is 3.04. The van der Waals surface area contributed by atoms with Crippen molar-refractivity contribution in [3.05, 3.63) is 66.4 Å². The summed E-state index contributed by atoms with van der Waals surface area (Å²) in [6.07, 6.45) is 1.96. The van der Waals surface area contributed by atoms with E-state index >= 15 is 0 Å². The summed E-state index contributed by atoms with van der Waals surface area (Å²) < 4.78 is 13.2. The van der Waals surface area contributed by atoms with E-state index in [0.29, 0.717) is 6.54 Å². The van der Waals surface area contributed by atoms with Gasteiger partial charge in [0.25, 0.3) is 0 Å². The van der Waals surface area contributed by atoms with Crippen molar-refractivity contribution in [3.63, 3.8) is 0 Å². The second-order valence-electron chi connectivity index (χ2n) is 5.88. The van der Waals surface area contributed by atoms with Crippen LogP contribution in [0.3, 0.4) is 0 Å². The van der Waals surface area contributed by atoms with E-state index in [1.165, 1.54) is 0 Å². The van der Waals surface area contributed by atoms with Gasteiger partial charge in [0.2, 0.25) is 0 Å². The van der Waals surface area contributed by atoms with E-state index in [2.05, 4.69) is 17.2 Å². The molecule has 0 aliphatic heterocycles. The molecule has 0 unspecified atom stereocenters. The van der Waals surface area contributed by atoms with E-state index < -0.39 is 0 Å². The summed E-state index contributed by atoms with van der Waals surface area (Å²) in [5.41, 5.74) is 3.24. The molecule has 0 N–H and O–H groups in total. The van der Waals surface area contributed by atoms with E-state index in [1.54, 1.807) is 7.11 Å². The molecule has 0 spiro atoms. The zero-order valence-electron chi connectivity index (χ0n) is 14.3. The molecule has 0 saturated heterocycles. The number of aromatic nitrogens is 2. The minimum absolute atomic E-state index is 0.140. The molecule has 24 heavy (non-hydrogen) atoms. The minimum atomic E-state index is 0.140. The van der Waals surface area contributed by atoms with E-state index in [0.717, 1.165) is 28.3 Å². The van der Waals surface area contributed by atoms with Gasteiger partial charge in [0.05, 0.1) is 25.5 Å². The number of ether oxygens (including phenoxy) is 2. The van der Waals surface area contributed by atoms with Gasteiger partial charge < -0.3 is 9.47 Å². The summed E-state index contributed by atoms with van der Waals surface area (Å²) in [4.78, 5) is 0. The van der Waals surface area contributed by atoms with Gasteiger partial charge in [0.1, 0.15) is 11.5 Å². The number of para-hydroxylation sites is 1.